The minimum atomic E-state index is -4.45. The van der Waals surface area contributed by atoms with E-state index in [9.17, 15) is 23.1 Å². The molecular formula is C22H21F3N4O2S. The fourth-order valence-corrected chi connectivity index (χ4v) is 5.26. The van der Waals surface area contributed by atoms with Gasteiger partial charge in [-0.2, -0.15) is 13.2 Å². The van der Waals surface area contributed by atoms with Gasteiger partial charge in [-0.1, -0.05) is 29.5 Å². The summed E-state index contributed by atoms with van der Waals surface area (Å²) in [7, 11) is 0. The number of phenolic OH excluding ortho intramolecular Hbond substituents is 1. The Morgan fingerprint density at radius 3 is 2.41 bits per heavy atom. The van der Waals surface area contributed by atoms with Gasteiger partial charge in [-0.15, -0.1) is 0 Å². The molecule has 5 rings (SSSR count). The number of hydrogen-bond donors (Lipinski definition) is 1. The van der Waals surface area contributed by atoms with Crippen LogP contribution < -0.4 is 9.80 Å². The lowest BCUT2D eigenvalue weighted by atomic mass is 9.99. The predicted octanol–water partition coefficient (Wildman–Crippen LogP) is 3.81. The number of aromatic hydroxyl groups is 1. The van der Waals surface area contributed by atoms with Gasteiger partial charge in [0.15, 0.2) is 5.13 Å². The van der Waals surface area contributed by atoms with Crippen molar-refractivity contribution in [3.8, 4) is 5.75 Å². The number of anilines is 2. The van der Waals surface area contributed by atoms with Gasteiger partial charge in [0, 0.05) is 39.3 Å². The Bertz CT molecular complexity index is 1150. The molecule has 6 nitrogen and oxygen atoms in total. The Balaban J connectivity index is 1.20. The third-order valence-electron chi connectivity index (χ3n) is 6.03. The van der Waals surface area contributed by atoms with Gasteiger partial charge in [0.05, 0.1) is 27.4 Å². The summed E-state index contributed by atoms with van der Waals surface area (Å²) < 4.78 is 40.2. The summed E-state index contributed by atoms with van der Waals surface area (Å²) in [5.74, 6) is 0.113. The van der Waals surface area contributed by atoms with Crippen molar-refractivity contribution in [2.45, 2.75) is 6.18 Å². The zero-order valence-electron chi connectivity index (χ0n) is 17.0. The molecule has 3 heterocycles. The molecule has 1 amide bonds. The highest BCUT2D eigenvalue weighted by atomic mass is 32.1. The maximum absolute atomic E-state index is 13.2. The predicted molar refractivity (Wildman–Crippen MR) is 117 cm³/mol. The fraction of sp³-hybridized carbons (Fsp3) is 0.364. The molecular weight excluding hydrogens is 441 g/mol. The minimum absolute atomic E-state index is 0.0323. The van der Waals surface area contributed by atoms with Gasteiger partial charge in [-0.3, -0.25) is 4.79 Å². The molecule has 2 aliphatic rings. The number of para-hydroxylation sites is 3. The molecule has 0 aliphatic carbocycles. The summed E-state index contributed by atoms with van der Waals surface area (Å²) in [5.41, 5.74) is 0.00603. The molecule has 2 aromatic carbocycles. The summed E-state index contributed by atoms with van der Waals surface area (Å²) in [5, 5.41) is 10.5. The van der Waals surface area contributed by atoms with Gasteiger partial charge in [0.1, 0.15) is 5.75 Å². The standard InChI is InChI=1S/C22H21F3N4O2S/c23-22(24,25)15-4-3-7-18-19(15)26-21(32-18)29-12-14(13-29)20(31)28-10-8-27(9-11-28)16-5-1-2-6-17(16)30/h1-7,14,30H,8-13H2. The maximum atomic E-state index is 13.2. The number of carbonyl (C=O) groups is 1. The van der Waals surface area contributed by atoms with Crippen molar-refractivity contribution in [2.24, 2.45) is 5.92 Å². The van der Waals surface area contributed by atoms with Crippen molar-refractivity contribution in [1.82, 2.24) is 9.88 Å². The van der Waals surface area contributed by atoms with E-state index in [-0.39, 0.29) is 23.1 Å². The van der Waals surface area contributed by atoms with E-state index in [1.54, 1.807) is 18.2 Å². The van der Waals surface area contributed by atoms with Crippen molar-refractivity contribution in [3.05, 3.63) is 48.0 Å². The van der Waals surface area contributed by atoms with Crippen LogP contribution in [-0.2, 0) is 11.0 Å². The minimum Gasteiger partial charge on any atom is -0.506 e. The van der Waals surface area contributed by atoms with E-state index in [1.807, 2.05) is 21.9 Å². The Hall–Kier alpha value is -3.01. The monoisotopic (exact) mass is 462 g/mol. The van der Waals surface area contributed by atoms with Crippen LogP contribution in [0.2, 0.25) is 0 Å². The smallest absolute Gasteiger partial charge is 0.418 e. The quantitative estimate of drug-likeness (QED) is 0.642. The maximum Gasteiger partial charge on any atom is 0.418 e. The highest BCUT2D eigenvalue weighted by Gasteiger charge is 2.39. The van der Waals surface area contributed by atoms with Gasteiger partial charge in [-0.05, 0) is 24.3 Å². The average Bonchev–Trinajstić information content (AvgIpc) is 3.16. The first-order valence-corrected chi connectivity index (χ1v) is 11.2. The van der Waals surface area contributed by atoms with Gasteiger partial charge in [0.25, 0.3) is 0 Å². The molecule has 1 aromatic heterocycles. The van der Waals surface area contributed by atoms with Crippen molar-refractivity contribution < 1.29 is 23.1 Å². The van der Waals surface area contributed by atoms with E-state index < -0.39 is 11.7 Å². The van der Waals surface area contributed by atoms with Crippen LogP contribution in [-0.4, -0.2) is 60.2 Å². The first-order valence-electron chi connectivity index (χ1n) is 10.3. The number of piperazine rings is 1. The molecule has 0 spiro atoms. The largest absolute Gasteiger partial charge is 0.506 e. The number of thiazole rings is 1. The van der Waals surface area contributed by atoms with Gasteiger partial charge in [-0.25, -0.2) is 4.98 Å². The van der Waals surface area contributed by atoms with Crippen LogP contribution in [0.1, 0.15) is 5.56 Å². The molecule has 2 aliphatic heterocycles. The van der Waals surface area contributed by atoms with E-state index in [0.717, 1.165) is 11.8 Å². The number of alkyl halides is 3. The Morgan fingerprint density at radius 2 is 1.72 bits per heavy atom. The van der Waals surface area contributed by atoms with Gasteiger partial charge >= 0.3 is 6.18 Å². The lowest BCUT2D eigenvalue weighted by Crippen LogP contribution is -2.58. The third-order valence-corrected chi connectivity index (χ3v) is 7.11. The number of phenols is 1. The first kappa shape index (κ1) is 20.9. The first-order chi connectivity index (χ1) is 15.3. The molecule has 1 N–H and O–H groups in total. The number of carbonyl (C=O) groups excluding carboxylic acids is 1. The molecule has 2 fully saturated rings. The lowest BCUT2D eigenvalue weighted by molar-refractivity contribution is -0.137. The van der Waals surface area contributed by atoms with E-state index in [2.05, 4.69) is 9.88 Å². The second kappa shape index (κ2) is 7.84. The highest BCUT2D eigenvalue weighted by molar-refractivity contribution is 7.22. The normalized spacial score (nSPS) is 17.7. The SMILES string of the molecule is O=C(C1CN(c2nc3c(C(F)(F)F)cccc3s2)C1)N1CCN(c2ccccc2O)CC1. The number of amides is 1. The van der Waals surface area contributed by atoms with Crippen molar-refractivity contribution in [1.29, 1.82) is 0 Å². The molecule has 2 saturated heterocycles. The average molecular weight is 462 g/mol. The van der Waals surface area contributed by atoms with Crippen molar-refractivity contribution in [2.75, 3.05) is 49.1 Å². The van der Waals surface area contributed by atoms with Crippen molar-refractivity contribution >= 4 is 38.3 Å². The molecule has 3 aromatic rings. The fourth-order valence-electron chi connectivity index (χ4n) is 4.25. The van der Waals surface area contributed by atoms with Crippen molar-refractivity contribution in [3.63, 3.8) is 0 Å². The number of hydrogen-bond acceptors (Lipinski definition) is 6. The highest BCUT2D eigenvalue weighted by Crippen LogP contribution is 2.40. The summed E-state index contributed by atoms with van der Waals surface area (Å²) in [6.45, 7) is 3.33. The van der Waals surface area contributed by atoms with E-state index in [1.165, 1.54) is 17.4 Å². The number of aromatic nitrogens is 1. The summed E-state index contributed by atoms with van der Waals surface area (Å²) >= 11 is 1.22. The summed E-state index contributed by atoms with van der Waals surface area (Å²) in [6, 6.07) is 11.2. The van der Waals surface area contributed by atoms with E-state index in [0.29, 0.717) is 49.1 Å². The van der Waals surface area contributed by atoms with Crippen LogP contribution in [0.15, 0.2) is 42.5 Å². The molecule has 32 heavy (non-hydrogen) atoms. The number of fused-ring (bicyclic) bond motifs is 1. The second-order valence-corrected chi connectivity index (χ2v) is 9.06. The van der Waals surface area contributed by atoms with Crippen LogP contribution >= 0.6 is 11.3 Å². The number of nitrogens with zero attached hydrogens (tertiary/aromatic N) is 4. The lowest BCUT2D eigenvalue weighted by Gasteiger charge is -2.43. The summed E-state index contributed by atoms with van der Waals surface area (Å²) in [4.78, 5) is 22.9. The molecule has 0 unspecified atom stereocenters. The van der Waals surface area contributed by atoms with Crippen LogP contribution in [0.25, 0.3) is 10.2 Å². The van der Waals surface area contributed by atoms with Crippen LogP contribution in [0.4, 0.5) is 24.0 Å². The van der Waals surface area contributed by atoms with E-state index in [4.69, 9.17) is 0 Å². The van der Waals surface area contributed by atoms with Crippen LogP contribution in [0.3, 0.4) is 0 Å². The molecule has 10 heteroatoms. The zero-order valence-corrected chi connectivity index (χ0v) is 17.9. The molecule has 168 valence electrons. The molecule has 0 radical (unpaired) electrons. The van der Waals surface area contributed by atoms with Crippen LogP contribution in [0, 0.1) is 5.92 Å². The van der Waals surface area contributed by atoms with Gasteiger partial charge < -0.3 is 19.8 Å². The third kappa shape index (κ3) is 3.72. The van der Waals surface area contributed by atoms with E-state index >= 15 is 0 Å². The topological polar surface area (TPSA) is 59.9 Å². The Labute approximate surface area is 186 Å². The zero-order chi connectivity index (χ0) is 22.5. The molecule has 0 atom stereocenters. The number of benzene rings is 2. The molecule has 0 bridgehead atoms. The van der Waals surface area contributed by atoms with Crippen LogP contribution in [0.5, 0.6) is 5.75 Å². The van der Waals surface area contributed by atoms with Gasteiger partial charge in [0.2, 0.25) is 5.91 Å². The Morgan fingerprint density at radius 1 is 1.00 bits per heavy atom. The second-order valence-electron chi connectivity index (χ2n) is 8.05. The Kier molecular flexibility index (Phi) is 5.11. The number of halogens is 3. The number of rotatable bonds is 3. The summed E-state index contributed by atoms with van der Waals surface area (Å²) in [6.07, 6.45) is -4.45. The molecule has 0 saturated carbocycles.